The van der Waals surface area contributed by atoms with Crippen molar-refractivity contribution < 1.29 is 14.3 Å². The fourth-order valence-electron chi connectivity index (χ4n) is 2.77. The lowest BCUT2D eigenvalue weighted by Gasteiger charge is -2.16. The summed E-state index contributed by atoms with van der Waals surface area (Å²) in [6.45, 7) is 2.55. The van der Waals surface area contributed by atoms with Gasteiger partial charge in [-0.25, -0.2) is 0 Å². The van der Waals surface area contributed by atoms with Crippen molar-refractivity contribution in [3.05, 3.63) is 102 Å². The first-order valence-corrected chi connectivity index (χ1v) is 9.12. The van der Waals surface area contributed by atoms with Gasteiger partial charge in [-0.15, -0.1) is 0 Å². The number of ketones is 1. The Labute approximate surface area is 160 Å². The fraction of sp³-hybridized carbons (Fsp3) is 0.208. The second kappa shape index (κ2) is 9.70. The third kappa shape index (κ3) is 6.08. The van der Waals surface area contributed by atoms with E-state index in [9.17, 15) is 4.79 Å². The quantitative estimate of drug-likeness (QED) is 0.540. The Hall–Kier alpha value is -2.91. The third-order valence-corrected chi connectivity index (χ3v) is 4.34. The molecule has 0 heterocycles. The lowest BCUT2D eigenvalue weighted by atomic mass is 10.1. The van der Waals surface area contributed by atoms with E-state index in [1.807, 2.05) is 84.9 Å². The molecule has 3 heteroatoms. The summed E-state index contributed by atoms with van der Waals surface area (Å²) < 4.78 is 11.7. The Balaban J connectivity index is 1.54. The molecule has 0 spiro atoms. The molecule has 138 valence electrons. The van der Waals surface area contributed by atoms with Gasteiger partial charge in [-0.3, -0.25) is 4.79 Å². The van der Waals surface area contributed by atoms with Crippen LogP contribution in [0.3, 0.4) is 0 Å². The van der Waals surface area contributed by atoms with E-state index >= 15 is 0 Å². The molecular weight excluding hydrogens is 336 g/mol. The molecule has 27 heavy (non-hydrogen) atoms. The molecule has 0 saturated carbocycles. The number of ether oxygens (including phenoxy) is 2. The summed E-state index contributed by atoms with van der Waals surface area (Å²) in [5.41, 5.74) is 3.25. The van der Waals surface area contributed by atoms with Gasteiger partial charge in [0.05, 0.1) is 6.61 Å². The van der Waals surface area contributed by atoms with E-state index in [0.717, 1.165) is 22.4 Å². The second-order valence-corrected chi connectivity index (χ2v) is 6.52. The summed E-state index contributed by atoms with van der Waals surface area (Å²) in [4.78, 5) is 11.9. The standard InChI is InChI=1S/C24H24O3/c1-19(25)24(27-18-22-10-6-3-7-11-22)16-20-12-14-23(15-13-20)26-17-21-8-4-2-5-9-21/h2-15,24H,16-18H2,1H3/t24-/m0/s1. The Morgan fingerprint density at radius 3 is 1.85 bits per heavy atom. The maximum Gasteiger partial charge on any atom is 0.158 e. The van der Waals surface area contributed by atoms with Gasteiger partial charge in [0.25, 0.3) is 0 Å². The summed E-state index contributed by atoms with van der Waals surface area (Å²) >= 11 is 0. The normalized spacial score (nSPS) is 11.7. The minimum atomic E-state index is -0.443. The summed E-state index contributed by atoms with van der Waals surface area (Å²) in [7, 11) is 0. The first-order valence-electron chi connectivity index (χ1n) is 9.12. The van der Waals surface area contributed by atoms with Crippen LogP contribution in [0, 0.1) is 0 Å². The number of carbonyl (C=O) groups is 1. The van der Waals surface area contributed by atoms with E-state index in [1.165, 1.54) is 0 Å². The number of carbonyl (C=O) groups excluding carboxylic acids is 1. The van der Waals surface area contributed by atoms with Gasteiger partial charge in [0.15, 0.2) is 5.78 Å². The molecule has 3 nitrogen and oxygen atoms in total. The predicted octanol–water partition coefficient (Wildman–Crippen LogP) is 4.98. The van der Waals surface area contributed by atoms with Crippen molar-refractivity contribution in [1.29, 1.82) is 0 Å². The van der Waals surface area contributed by atoms with Gasteiger partial charge in [-0.1, -0.05) is 72.8 Å². The van der Waals surface area contributed by atoms with Crippen LogP contribution >= 0.6 is 0 Å². The number of hydrogen-bond acceptors (Lipinski definition) is 3. The Bertz CT molecular complexity index is 827. The van der Waals surface area contributed by atoms with Crippen LogP contribution in [0.25, 0.3) is 0 Å². The molecule has 0 radical (unpaired) electrons. The topological polar surface area (TPSA) is 35.5 Å². The van der Waals surface area contributed by atoms with Crippen molar-refractivity contribution in [2.75, 3.05) is 0 Å². The average molecular weight is 360 g/mol. The molecule has 0 aliphatic rings. The lowest BCUT2D eigenvalue weighted by molar-refractivity contribution is -0.129. The highest BCUT2D eigenvalue weighted by Gasteiger charge is 2.15. The maximum absolute atomic E-state index is 11.9. The summed E-state index contributed by atoms with van der Waals surface area (Å²) in [5.74, 6) is 0.850. The lowest BCUT2D eigenvalue weighted by Crippen LogP contribution is -2.24. The molecule has 3 aromatic rings. The number of Topliss-reactive ketones (excluding diaryl/α,β-unsaturated/α-hetero) is 1. The second-order valence-electron chi connectivity index (χ2n) is 6.52. The monoisotopic (exact) mass is 360 g/mol. The molecule has 0 N–H and O–H groups in total. The van der Waals surface area contributed by atoms with E-state index in [2.05, 4.69) is 0 Å². The third-order valence-electron chi connectivity index (χ3n) is 4.34. The zero-order chi connectivity index (χ0) is 18.9. The SMILES string of the molecule is CC(=O)[C@H](Cc1ccc(OCc2ccccc2)cc1)OCc1ccccc1. The summed E-state index contributed by atoms with van der Waals surface area (Å²) in [6.07, 6.45) is 0.113. The molecule has 0 aliphatic carbocycles. The van der Waals surface area contributed by atoms with Gasteiger partial charge >= 0.3 is 0 Å². The van der Waals surface area contributed by atoms with E-state index in [-0.39, 0.29) is 5.78 Å². The van der Waals surface area contributed by atoms with Gasteiger partial charge in [-0.05, 0) is 35.7 Å². The van der Waals surface area contributed by atoms with Crippen molar-refractivity contribution in [3.8, 4) is 5.75 Å². The minimum Gasteiger partial charge on any atom is -0.489 e. The van der Waals surface area contributed by atoms with Crippen molar-refractivity contribution >= 4 is 5.78 Å². The molecule has 0 bridgehead atoms. The van der Waals surface area contributed by atoms with Crippen molar-refractivity contribution in [2.45, 2.75) is 32.7 Å². The van der Waals surface area contributed by atoms with Gasteiger partial charge in [-0.2, -0.15) is 0 Å². The van der Waals surface area contributed by atoms with E-state index in [0.29, 0.717) is 19.6 Å². The zero-order valence-corrected chi connectivity index (χ0v) is 15.5. The van der Waals surface area contributed by atoms with Crippen molar-refractivity contribution in [1.82, 2.24) is 0 Å². The Morgan fingerprint density at radius 2 is 1.30 bits per heavy atom. The first-order chi connectivity index (χ1) is 13.2. The van der Waals surface area contributed by atoms with Crippen LogP contribution in [0.1, 0.15) is 23.6 Å². The predicted molar refractivity (Wildman–Crippen MR) is 107 cm³/mol. The van der Waals surface area contributed by atoms with Crippen molar-refractivity contribution in [3.63, 3.8) is 0 Å². The molecule has 0 aliphatic heterocycles. The summed E-state index contributed by atoms with van der Waals surface area (Å²) in [5, 5.41) is 0. The fourth-order valence-corrected chi connectivity index (χ4v) is 2.77. The molecule has 0 amide bonds. The van der Waals surface area contributed by atoms with Gasteiger partial charge in [0.1, 0.15) is 18.5 Å². The molecule has 3 aromatic carbocycles. The van der Waals surface area contributed by atoms with E-state index in [1.54, 1.807) is 6.92 Å². The molecule has 0 unspecified atom stereocenters. The van der Waals surface area contributed by atoms with Crippen LogP contribution in [-0.4, -0.2) is 11.9 Å². The van der Waals surface area contributed by atoms with Crippen molar-refractivity contribution in [2.24, 2.45) is 0 Å². The molecule has 0 fully saturated rings. The summed E-state index contributed by atoms with van der Waals surface area (Å²) in [6, 6.07) is 27.8. The van der Waals surface area contributed by atoms with Crippen LogP contribution < -0.4 is 4.74 Å². The van der Waals surface area contributed by atoms with Crippen LogP contribution in [0.15, 0.2) is 84.9 Å². The number of hydrogen-bond donors (Lipinski definition) is 0. The molecule has 0 saturated heterocycles. The van der Waals surface area contributed by atoms with E-state index in [4.69, 9.17) is 9.47 Å². The highest BCUT2D eigenvalue weighted by atomic mass is 16.5. The zero-order valence-electron chi connectivity index (χ0n) is 15.5. The number of benzene rings is 3. The largest absolute Gasteiger partial charge is 0.489 e. The van der Waals surface area contributed by atoms with Crippen LogP contribution in [0.2, 0.25) is 0 Å². The average Bonchev–Trinajstić information content (AvgIpc) is 2.72. The Kier molecular flexibility index (Phi) is 6.78. The minimum absolute atomic E-state index is 0.0373. The smallest absolute Gasteiger partial charge is 0.158 e. The van der Waals surface area contributed by atoms with Gasteiger partial charge in [0, 0.05) is 6.42 Å². The molecule has 0 aromatic heterocycles. The Morgan fingerprint density at radius 1 is 0.741 bits per heavy atom. The maximum atomic E-state index is 11.9. The van der Waals surface area contributed by atoms with Gasteiger partial charge < -0.3 is 9.47 Å². The van der Waals surface area contributed by atoms with E-state index < -0.39 is 6.10 Å². The number of rotatable bonds is 9. The molecule has 1 atom stereocenters. The molecule has 3 rings (SSSR count). The highest BCUT2D eigenvalue weighted by molar-refractivity contribution is 5.80. The van der Waals surface area contributed by atoms with Crippen LogP contribution in [0.5, 0.6) is 5.75 Å². The first kappa shape index (κ1) is 18.9. The van der Waals surface area contributed by atoms with Crippen LogP contribution in [-0.2, 0) is 29.2 Å². The highest BCUT2D eigenvalue weighted by Crippen LogP contribution is 2.17. The van der Waals surface area contributed by atoms with Gasteiger partial charge in [0.2, 0.25) is 0 Å². The van der Waals surface area contributed by atoms with Crippen LogP contribution in [0.4, 0.5) is 0 Å². The molecular formula is C24H24O3.